The van der Waals surface area contributed by atoms with E-state index in [0.717, 1.165) is 0 Å². The highest BCUT2D eigenvalue weighted by atomic mass is 19.1. The van der Waals surface area contributed by atoms with Gasteiger partial charge in [0.15, 0.2) is 0 Å². The van der Waals surface area contributed by atoms with Crippen LogP contribution < -0.4 is 5.73 Å². The van der Waals surface area contributed by atoms with E-state index >= 15 is 0 Å². The van der Waals surface area contributed by atoms with Crippen LogP contribution in [0.1, 0.15) is 11.3 Å². The van der Waals surface area contributed by atoms with Gasteiger partial charge in [0.05, 0.1) is 11.4 Å². The van der Waals surface area contributed by atoms with E-state index in [1.54, 1.807) is 36.1 Å². The van der Waals surface area contributed by atoms with Crippen molar-refractivity contribution in [3.05, 3.63) is 47.5 Å². The van der Waals surface area contributed by atoms with Gasteiger partial charge in [0.25, 0.3) is 0 Å². The van der Waals surface area contributed by atoms with E-state index in [1.807, 2.05) is 0 Å². The molecule has 2 aromatic rings. The lowest BCUT2D eigenvalue weighted by Crippen LogP contribution is -1.97. The molecule has 0 aliphatic rings. The Balaban J connectivity index is 2.29. The van der Waals surface area contributed by atoms with Gasteiger partial charge in [0, 0.05) is 19.7 Å². The molecule has 1 aromatic carbocycles. The first-order valence-corrected chi connectivity index (χ1v) is 4.68. The maximum Gasteiger partial charge on any atom is 0.126 e. The smallest absolute Gasteiger partial charge is 0.126 e. The van der Waals surface area contributed by atoms with Crippen LogP contribution >= 0.6 is 0 Å². The molecule has 15 heavy (non-hydrogen) atoms. The average molecular weight is 205 g/mol. The van der Waals surface area contributed by atoms with E-state index in [2.05, 4.69) is 5.10 Å². The monoisotopic (exact) mass is 205 g/mol. The predicted octanol–water partition coefficient (Wildman–Crippen LogP) is 1.73. The number of anilines is 1. The van der Waals surface area contributed by atoms with Crippen LogP contribution in [0.25, 0.3) is 0 Å². The third-order valence-corrected chi connectivity index (χ3v) is 2.25. The van der Waals surface area contributed by atoms with Crippen molar-refractivity contribution in [1.82, 2.24) is 9.78 Å². The highest BCUT2D eigenvalue weighted by Crippen LogP contribution is 2.16. The molecule has 78 valence electrons. The van der Waals surface area contributed by atoms with Crippen molar-refractivity contribution in [3.8, 4) is 0 Å². The molecule has 2 rings (SSSR count). The molecule has 4 heteroatoms. The van der Waals surface area contributed by atoms with E-state index in [-0.39, 0.29) is 5.82 Å². The van der Waals surface area contributed by atoms with Gasteiger partial charge in [-0.3, -0.25) is 4.68 Å². The molecular formula is C11H12FN3. The summed E-state index contributed by atoms with van der Waals surface area (Å²) in [6, 6.07) is 6.65. The molecule has 0 radical (unpaired) electrons. The maximum absolute atomic E-state index is 13.3. The molecule has 0 aliphatic carbocycles. The quantitative estimate of drug-likeness (QED) is 0.811. The highest BCUT2D eigenvalue weighted by molar-refractivity contribution is 5.43. The molecule has 0 bridgehead atoms. The Morgan fingerprint density at radius 3 is 2.73 bits per heavy atom. The Hall–Kier alpha value is -1.84. The van der Waals surface area contributed by atoms with Crippen molar-refractivity contribution in [1.29, 1.82) is 0 Å². The summed E-state index contributed by atoms with van der Waals surface area (Å²) in [5, 5.41) is 4.17. The van der Waals surface area contributed by atoms with Gasteiger partial charge in [-0.2, -0.15) is 5.10 Å². The number of hydrogen-bond acceptors (Lipinski definition) is 2. The number of nitrogens with two attached hydrogens (primary N) is 1. The molecule has 0 amide bonds. The van der Waals surface area contributed by atoms with Crippen molar-refractivity contribution < 1.29 is 4.39 Å². The zero-order valence-corrected chi connectivity index (χ0v) is 8.44. The topological polar surface area (TPSA) is 43.8 Å². The zero-order valence-electron chi connectivity index (χ0n) is 8.44. The normalized spacial score (nSPS) is 10.5. The molecule has 0 atom stereocenters. The van der Waals surface area contributed by atoms with Gasteiger partial charge < -0.3 is 5.73 Å². The summed E-state index contributed by atoms with van der Waals surface area (Å²) >= 11 is 0. The van der Waals surface area contributed by atoms with Crippen LogP contribution in [0.3, 0.4) is 0 Å². The van der Waals surface area contributed by atoms with Crippen molar-refractivity contribution in [2.75, 3.05) is 5.73 Å². The standard InChI is InChI=1S/C11H12FN3/c1-15-7-10(13)11(14-15)6-8-4-2-3-5-9(8)12/h2-5,7H,6,13H2,1H3. The Labute approximate surface area is 87.3 Å². The van der Waals surface area contributed by atoms with Crippen molar-refractivity contribution in [2.45, 2.75) is 6.42 Å². The fourth-order valence-corrected chi connectivity index (χ4v) is 1.51. The molecule has 3 nitrogen and oxygen atoms in total. The molecule has 0 aliphatic heterocycles. The summed E-state index contributed by atoms with van der Waals surface area (Å²) < 4.78 is 15.0. The van der Waals surface area contributed by atoms with Crippen LogP contribution in [0.5, 0.6) is 0 Å². The number of nitrogens with zero attached hydrogens (tertiary/aromatic N) is 2. The fourth-order valence-electron chi connectivity index (χ4n) is 1.51. The van der Waals surface area contributed by atoms with Crippen LogP contribution in [0.2, 0.25) is 0 Å². The minimum atomic E-state index is -0.220. The summed E-state index contributed by atoms with van der Waals surface area (Å²) in [4.78, 5) is 0. The number of benzene rings is 1. The van der Waals surface area contributed by atoms with Crippen molar-refractivity contribution in [3.63, 3.8) is 0 Å². The first kappa shape index (κ1) is 9.71. The summed E-state index contributed by atoms with van der Waals surface area (Å²) in [6.07, 6.45) is 2.15. The minimum Gasteiger partial charge on any atom is -0.396 e. The molecule has 0 fully saturated rings. The van der Waals surface area contributed by atoms with E-state index in [9.17, 15) is 4.39 Å². The van der Waals surface area contributed by atoms with Gasteiger partial charge in [-0.1, -0.05) is 18.2 Å². The number of halogens is 1. The Morgan fingerprint density at radius 2 is 2.13 bits per heavy atom. The van der Waals surface area contributed by atoms with Gasteiger partial charge in [0.1, 0.15) is 5.82 Å². The van der Waals surface area contributed by atoms with E-state index in [1.165, 1.54) is 6.07 Å². The second-order valence-electron chi connectivity index (χ2n) is 3.47. The lowest BCUT2D eigenvalue weighted by atomic mass is 10.1. The summed E-state index contributed by atoms with van der Waals surface area (Å²) in [5.74, 6) is -0.220. The van der Waals surface area contributed by atoms with Crippen molar-refractivity contribution in [2.24, 2.45) is 7.05 Å². The molecule has 1 aromatic heterocycles. The van der Waals surface area contributed by atoms with E-state index in [4.69, 9.17) is 5.73 Å². The SMILES string of the molecule is Cn1cc(N)c(Cc2ccccc2F)n1. The number of nitrogen functional groups attached to an aromatic ring is 1. The van der Waals surface area contributed by atoms with Crippen LogP contribution in [-0.4, -0.2) is 9.78 Å². The molecule has 2 N–H and O–H groups in total. The highest BCUT2D eigenvalue weighted by Gasteiger charge is 2.08. The molecular weight excluding hydrogens is 193 g/mol. The number of hydrogen-bond donors (Lipinski definition) is 1. The van der Waals surface area contributed by atoms with Gasteiger partial charge in [-0.15, -0.1) is 0 Å². The Kier molecular flexibility index (Phi) is 2.41. The third kappa shape index (κ3) is 1.98. The largest absolute Gasteiger partial charge is 0.396 e. The van der Waals surface area contributed by atoms with Crippen LogP contribution in [-0.2, 0) is 13.5 Å². The molecule has 0 saturated heterocycles. The van der Waals surface area contributed by atoms with Crippen LogP contribution in [0, 0.1) is 5.82 Å². The number of aryl methyl sites for hydroxylation is 1. The van der Waals surface area contributed by atoms with E-state index < -0.39 is 0 Å². The van der Waals surface area contributed by atoms with Gasteiger partial charge in [0.2, 0.25) is 0 Å². The molecule has 0 saturated carbocycles. The van der Waals surface area contributed by atoms with Crippen molar-refractivity contribution >= 4 is 5.69 Å². The Bertz CT molecular complexity index is 476. The summed E-state index contributed by atoms with van der Waals surface area (Å²) in [6.45, 7) is 0. The fraction of sp³-hybridized carbons (Fsp3) is 0.182. The minimum absolute atomic E-state index is 0.220. The van der Waals surface area contributed by atoms with Gasteiger partial charge in [-0.05, 0) is 11.6 Å². The molecule has 1 heterocycles. The lowest BCUT2D eigenvalue weighted by molar-refractivity contribution is 0.612. The lowest BCUT2D eigenvalue weighted by Gasteiger charge is -2.00. The first-order valence-electron chi connectivity index (χ1n) is 4.68. The maximum atomic E-state index is 13.3. The molecule has 0 unspecified atom stereocenters. The zero-order chi connectivity index (χ0) is 10.8. The van der Waals surface area contributed by atoms with Crippen LogP contribution in [0.4, 0.5) is 10.1 Å². The molecule has 0 spiro atoms. The van der Waals surface area contributed by atoms with Crippen LogP contribution in [0.15, 0.2) is 30.5 Å². The van der Waals surface area contributed by atoms with E-state index in [0.29, 0.717) is 23.4 Å². The van der Waals surface area contributed by atoms with Gasteiger partial charge in [-0.25, -0.2) is 4.39 Å². The summed E-state index contributed by atoms with van der Waals surface area (Å²) in [7, 11) is 1.79. The van der Waals surface area contributed by atoms with Gasteiger partial charge >= 0.3 is 0 Å². The first-order chi connectivity index (χ1) is 7.16. The number of rotatable bonds is 2. The Morgan fingerprint density at radius 1 is 1.40 bits per heavy atom. The summed E-state index contributed by atoms with van der Waals surface area (Å²) in [5.41, 5.74) is 7.66. The second-order valence-corrected chi connectivity index (χ2v) is 3.47. The number of aromatic nitrogens is 2. The average Bonchev–Trinajstić information content (AvgIpc) is 2.49. The third-order valence-electron chi connectivity index (χ3n) is 2.25. The second kappa shape index (κ2) is 3.73. The predicted molar refractivity (Wildman–Crippen MR) is 56.8 cm³/mol.